The molecule has 0 radical (unpaired) electrons. The van der Waals surface area contributed by atoms with E-state index in [0.29, 0.717) is 0 Å². The molecule has 3 heteroatoms. The van der Waals surface area contributed by atoms with Crippen LogP contribution in [0.15, 0.2) is 24.9 Å². The fourth-order valence-corrected chi connectivity index (χ4v) is 0.679. The summed E-state index contributed by atoms with van der Waals surface area (Å²) >= 11 is 0. The Balaban J connectivity index is 4.09. The molecule has 0 heterocycles. The van der Waals surface area contributed by atoms with Crippen LogP contribution in [-0.2, 0) is 4.79 Å². The molecule has 11 heavy (non-hydrogen) atoms. The zero-order chi connectivity index (χ0) is 8.91. The lowest BCUT2D eigenvalue weighted by atomic mass is 10.4. The first-order chi connectivity index (χ1) is 4.98. The van der Waals surface area contributed by atoms with Gasteiger partial charge in [0.1, 0.15) is 6.54 Å². The molecule has 0 aliphatic rings. The van der Waals surface area contributed by atoms with Crippen molar-refractivity contribution in [3.8, 4) is 0 Å². The zero-order valence-corrected chi connectivity index (χ0v) is 6.91. The molecule has 0 aliphatic heterocycles. The maximum absolute atomic E-state index is 10.2. The minimum absolute atomic E-state index is 0.0235. The minimum Gasteiger partial charge on any atom is -0.544 e. The van der Waals surface area contributed by atoms with Crippen LogP contribution in [-0.4, -0.2) is 31.1 Å². The SMILES string of the molecule is C=C/C=C/[N+](C)(C)CC(=O)[O-]. The van der Waals surface area contributed by atoms with E-state index in [2.05, 4.69) is 6.58 Å². The van der Waals surface area contributed by atoms with Crippen LogP contribution in [0.2, 0.25) is 0 Å². The molecule has 0 aromatic heterocycles. The van der Waals surface area contributed by atoms with Crippen LogP contribution in [0.5, 0.6) is 0 Å². The molecule has 0 atom stereocenters. The van der Waals surface area contributed by atoms with Crippen molar-refractivity contribution in [2.45, 2.75) is 0 Å². The summed E-state index contributed by atoms with van der Waals surface area (Å²) in [4.78, 5) is 10.2. The number of nitrogens with zero attached hydrogens (tertiary/aromatic N) is 1. The van der Waals surface area contributed by atoms with E-state index >= 15 is 0 Å². The molecule has 0 aromatic carbocycles. The molecule has 0 unspecified atom stereocenters. The van der Waals surface area contributed by atoms with Crippen LogP contribution in [0.25, 0.3) is 0 Å². The third kappa shape index (κ3) is 5.36. The number of quaternary nitrogens is 1. The lowest BCUT2D eigenvalue weighted by Gasteiger charge is -2.24. The van der Waals surface area contributed by atoms with Gasteiger partial charge in [0.15, 0.2) is 0 Å². The first-order valence-electron chi connectivity index (χ1n) is 3.31. The van der Waals surface area contributed by atoms with Crippen molar-refractivity contribution in [1.82, 2.24) is 0 Å². The maximum Gasteiger partial charge on any atom is 0.123 e. The standard InChI is InChI=1S/C8H13NO2/c1-4-5-6-9(2,3)7-8(10)11/h4-6H,1,7H2,2-3H3/b6-5+. The molecule has 0 N–H and O–H groups in total. The molecule has 0 aromatic rings. The highest BCUT2D eigenvalue weighted by molar-refractivity contribution is 5.65. The molecule has 0 amide bonds. The highest BCUT2D eigenvalue weighted by Crippen LogP contribution is 1.96. The molecule has 0 saturated carbocycles. The molecule has 0 aliphatic carbocycles. The van der Waals surface area contributed by atoms with Gasteiger partial charge in [-0.15, -0.1) is 0 Å². The molecule has 3 nitrogen and oxygen atoms in total. The van der Waals surface area contributed by atoms with Crippen LogP contribution in [0, 0.1) is 0 Å². The molecule has 0 spiro atoms. The third-order valence-corrected chi connectivity index (χ3v) is 1.16. The number of carbonyl (C=O) groups excluding carboxylic acids is 1. The summed E-state index contributed by atoms with van der Waals surface area (Å²) in [6.45, 7) is 3.46. The quantitative estimate of drug-likeness (QED) is 0.406. The largest absolute Gasteiger partial charge is 0.544 e. The summed E-state index contributed by atoms with van der Waals surface area (Å²) in [6, 6.07) is 0. The Kier molecular flexibility index (Phi) is 3.54. The summed E-state index contributed by atoms with van der Waals surface area (Å²) in [5.74, 6) is -1.05. The van der Waals surface area contributed by atoms with Crippen molar-refractivity contribution in [2.24, 2.45) is 0 Å². The van der Waals surface area contributed by atoms with Gasteiger partial charge in [0.25, 0.3) is 0 Å². The lowest BCUT2D eigenvalue weighted by molar-refractivity contribution is -0.833. The zero-order valence-electron chi connectivity index (χ0n) is 6.91. The molecular formula is C8H13NO2. The third-order valence-electron chi connectivity index (χ3n) is 1.16. The van der Waals surface area contributed by atoms with Crippen molar-refractivity contribution in [3.63, 3.8) is 0 Å². The van der Waals surface area contributed by atoms with E-state index < -0.39 is 5.97 Å². The molecular weight excluding hydrogens is 142 g/mol. The fraction of sp³-hybridized carbons (Fsp3) is 0.375. The van der Waals surface area contributed by atoms with Crippen molar-refractivity contribution in [3.05, 3.63) is 24.9 Å². The number of carboxylic acids is 1. The number of rotatable bonds is 4. The van der Waals surface area contributed by atoms with Gasteiger partial charge in [-0.3, -0.25) is 4.48 Å². The summed E-state index contributed by atoms with van der Waals surface area (Å²) in [6.07, 6.45) is 5.06. The average Bonchev–Trinajstić information content (AvgIpc) is 1.81. The summed E-state index contributed by atoms with van der Waals surface area (Å²) in [5.41, 5.74) is 0. The smallest absolute Gasteiger partial charge is 0.123 e. The molecule has 0 bridgehead atoms. The van der Waals surface area contributed by atoms with E-state index in [1.807, 2.05) is 0 Å². The summed E-state index contributed by atoms with van der Waals surface area (Å²) < 4.78 is 0.272. The fourth-order valence-electron chi connectivity index (χ4n) is 0.679. The van der Waals surface area contributed by atoms with Gasteiger partial charge in [-0.25, -0.2) is 0 Å². The highest BCUT2D eigenvalue weighted by atomic mass is 16.4. The summed E-state index contributed by atoms with van der Waals surface area (Å²) in [7, 11) is 3.55. The number of aliphatic carboxylic acids is 1. The van der Waals surface area contributed by atoms with E-state index in [1.54, 1.807) is 32.4 Å². The minimum atomic E-state index is -1.05. The second-order valence-corrected chi connectivity index (χ2v) is 2.89. The number of hydrogen-bond donors (Lipinski definition) is 0. The van der Waals surface area contributed by atoms with Crippen LogP contribution in [0.4, 0.5) is 0 Å². The van der Waals surface area contributed by atoms with E-state index in [1.165, 1.54) is 0 Å². The van der Waals surface area contributed by atoms with Gasteiger partial charge in [-0.2, -0.15) is 0 Å². The Labute approximate surface area is 66.8 Å². The Morgan fingerprint density at radius 3 is 2.55 bits per heavy atom. The van der Waals surface area contributed by atoms with Gasteiger partial charge < -0.3 is 9.90 Å². The second-order valence-electron chi connectivity index (χ2n) is 2.89. The van der Waals surface area contributed by atoms with Gasteiger partial charge in [0, 0.05) is 0 Å². The van der Waals surface area contributed by atoms with Crippen molar-refractivity contribution >= 4 is 5.97 Å². The van der Waals surface area contributed by atoms with E-state index in [4.69, 9.17) is 0 Å². The van der Waals surface area contributed by atoms with Gasteiger partial charge in [-0.1, -0.05) is 12.7 Å². The number of carboxylic acid groups (broad SMARTS) is 1. The van der Waals surface area contributed by atoms with Crippen molar-refractivity contribution in [1.29, 1.82) is 0 Å². The summed E-state index contributed by atoms with van der Waals surface area (Å²) in [5, 5.41) is 10.2. The van der Waals surface area contributed by atoms with Gasteiger partial charge in [0.05, 0.1) is 26.3 Å². The van der Waals surface area contributed by atoms with Gasteiger partial charge >= 0.3 is 0 Å². The Hall–Kier alpha value is -1.09. The van der Waals surface area contributed by atoms with Crippen LogP contribution in [0.3, 0.4) is 0 Å². The van der Waals surface area contributed by atoms with Crippen molar-refractivity contribution < 1.29 is 14.4 Å². The normalized spacial score (nSPS) is 11.8. The first kappa shape index (κ1) is 9.91. The van der Waals surface area contributed by atoms with Crippen LogP contribution >= 0.6 is 0 Å². The maximum atomic E-state index is 10.2. The topological polar surface area (TPSA) is 40.1 Å². The van der Waals surface area contributed by atoms with E-state index in [-0.39, 0.29) is 11.0 Å². The molecule has 0 fully saturated rings. The Morgan fingerprint density at radius 2 is 2.18 bits per heavy atom. The second kappa shape index (κ2) is 3.93. The predicted molar refractivity (Wildman–Crippen MR) is 41.3 cm³/mol. The van der Waals surface area contributed by atoms with E-state index in [0.717, 1.165) is 0 Å². The van der Waals surface area contributed by atoms with Gasteiger partial charge in [0.2, 0.25) is 0 Å². The van der Waals surface area contributed by atoms with Crippen molar-refractivity contribution in [2.75, 3.05) is 20.6 Å². The molecule has 0 saturated heterocycles. The Morgan fingerprint density at radius 1 is 1.64 bits per heavy atom. The Bertz CT molecular complexity index is 183. The number of hydrogen-bond acceptors (Lipinski definition) is 2. The van der Waals surface area contributed by atoms with Gasteiger partial charge in [-0.05, 0) is 6.08 Å². The molecule has 62 valence electrons. The van der Waals surface area contributed by atoms with E-state index in [9.17, 15) is 9.90 Å². The number of allylic oxidation sites excluding steroid dienone is 2. The van der Waals surface area contributed by atoms with Crippen LogP contribution < -0.4 is 5.11 Å². The number of carbonyl (C=O) groups is 1. The predicted octanol–water partition coefficient (Wildman–Crippen LogP) is -0.488. The number of likely N-dealkylation sites (N-methyl/N-ethyl adjacent to an activating group) is 1. The average molecular weight is 155 g/mol. The monoisotopic (exact) mass is 155 g/mol. The van der Waals surface area contributed by atoms with Crippen LogP contribution in [0.1, 0.15) is 0 Å². The highest BCUT2D eigenvalue weighted by Gasteiger charge is 2.09. The first-order valence-corrected chi connectivity index (χ1v) is 3.31. The lowest BCUT2D eigenvalue weighted by Crippen LogP contribution is -2.44. The molecule has 0 rings (SSSR count).